The molecule has 0 aliphatic carbocycles. The molecular formula is C13H16BrNO4. The molecule has 1 heterocycles. The molecule has 0 aromatic heterocycles. The van der Waals surface area contributed by atoms with Crippen LogP contribution in [0.3, 0.4) is 0 Å². The van der Waals surface area contributed by atoms with Gasteiger partial charge in [-0.3, -0.25) is 4.79 Å². The minimum atomic E-state index is -0.203. The van der Waals surface area contributed by atoms with Gasteiger partial charge in [0.2, 0.25) is 0 Å². The Bertz CT molecular complexity index is 466. The van der Waals surface area contributed by atoms with Crippen LogP contribution in [0.1, 0.15) is 10.4 Å². The standard InChI is InChI=1S/C13H16BrNO4/c1-18-9-2-3-12(16)11(6-9)13(17)15-4-5-19-10(7-14)8-15/h2-3,6,10,16H,4-5,7-8H2,1H3. The van der Waals surface area contributed by atoms with Crippen LogP contribution in [0.15, 0.2) is 18.2 Å². The summed E-state index contributed by atoms with van der Waals surface area (Å²) in [6, 6.07) is 4.64. The van der Waals surface area contributed by atoms with E-state index in [-0.39, 0.29) is 23.3 Å². The number of carbonyl (C=O) groups is 1. The molecule has 19 heavy (non-hydrogen) atoms. The number of hydrogen-bond donors (Lipinski definition) is 1. The second kappa shape index (κ2) is 6.25. The van der Waals surface area contributed by atoms with Gasteiger partial charge in [-0.15, -0.1) is 0 Å². The highest BCUT2D eigenvalue weighted by molar-refractivity contribution is 9.09. The fourth-order valence-electron chi connectivity index (χ4n) is 1.98. The largest absolute Gasteiger partial charge is 0.507 e. The number of alkyl halides is 1. The highest BCUT2D eigenvalue weighted by atomic mass is 79.9. The number of halogens is 1. The van der Waals surface area contributed by atoms with Crippen molar-refractivity contribution in [3.63, 3.8) is 0 Å². The smallest absolute Gasteiger partial charge is 0.257 e. The summed E-state index contributed by atoms with van der Waals surface area (Å²) in [7, 11) is 1.52. The number of methoxy groups -OCH3 is 1. The number of phenols is 1. The van der Waals surface area contributed by atoms with Gasteiger partial charge in [-0.1, -0.05) is 15.9 Å². The molecule has 1 amide bonds. The van der Waals surface area contributed by atoms with E-state index in [2.05, 4.69) is 15.9 Å². The summed E-state index contributed by atoms with van der Waals surface area (Å²) < 4.78 is 10.6. The number of morpholine rings is 1. The van der Waals surface area contributed by atoms with Crippen molar-refractivity contribution in [3.05, 3.63) is 23.8 Å². The van der Waals surface area contributed by atoms with Crippen LogP contribution in [0.4, 0.5) is 0 Å². The monoisotopic (exact) mass is 329 g/mol. The van der Waals surface area contributed by atoms with Gasteiger partial charge in [0.1, 0.15) is 11.5 Å². The molecule has 1 aromatic carbocycles. The molecule has 1 N–H and O–H groups in total. The zero-order chi connectivity index (χ0) is 13.8. The van der Waals surface area contributed by atoms with Crippen molar-refractivity contribution in [2.45, 2.75) is 6.10 Å². The van der Waals surface area contributed by atoms with Gasteiger partial charge in [0.25, 0.3) is 5.91 Å². The van der Waals surface area contributed by atoms with Crippen molar-refractivity contribution in [1.29, 1.82) is 0 Å². The number of aromatic hydroxyl groups is 1. The quantitative estimate of drug-likeness (QED) is 0.856. The van der Waals surface area contributed by atoms with E-state index in [1.807, 2.05) is 0 Å². The Hall–Kier alpha value is -1.27. The molecule has 0 spiro atoms. The third-order valence-corrected chi connectivity index (χ3v) is 3.75. The van der Waals surface area contributed by atoms with Crippen LogP contribution >= 0.6 is 15.9 Å². The van der Waals surface area contributed by atoms with Crippen LogP contribution in [-0.2, 0) is 4.74 Å². The highest BCUT2D eigenvalue weighted by Gasteiger charge is 2.26. The molecule has 1 aliphatic rings. The average molecular weight is 330 g/mol. The number of nitrogens with zero attached hydrogens (tertiary/aromatic N) is 1. The van der Waals surface area contributed by atoms with Crippen molar-refractivity contribution in [2.75, 3.05) is 32.1 Å². The van der Waals surface area contributed by atoms with Gasteiger partial charge in [0.05, 0.1) is 25.4 Å². The predicted molar refractivity (Wildman–Crippen MR) is 74.1 cm³/mol. The minimum Gasteiger partial charge on any atom is -0.507 e. The summed E-state index contributed by atoms with van der Waals surface area (Å²) in [5, 5.41) is 10.5. The minimum absolute atomic E-state index is 0.00884. The SMILES string of the molecule is COc1ccc(O)c(C(=O)N2CCOC(CBr)C2)c1. The number of amides is 1. The van der Waals surface area contributed by atoms with E-state index in [0.29, 0.717) is 30.8 Å². The molecule has 5 nitrogen and oxygen atoms in total. The molecule has 104 valence electrons. The summed E-state index contributed by atoms with van der Waals surface area (Å²) in [6.45, 7) is 1.55. The maximum Gasteiger partial charge on any atom is 0.257 e. The van der Waals surface area contributed by atoms with Crippen molar-refractivity contribution in [2.24, 2.45) is 0 Å². The van der Waals surface area contributed by atoms with Crippen LogP contribution in [0.5, 0.6) is 11.5 Å². The topological polar surface area (TPSA) is 59.0 Å². The van der Waals surface area contributed by atoms with Crippen molar-refractivity contribution in [3.8, 4) is 11.5 Å². The van der Waals surface area contributed by atoms with Gasteiger partial charge >= 0.3 is 0 Å². The normalized spacial score (nSPS) is 19.3. The second-order valence-corrected chi connectivity index (χ2v) is 4.93. The average Bonchev–Trinajstić information content (AvgIpc) is 2.47. The van der Waals surface area contributed by atoms with Crippen LogP contribution in [-0.4, -0.2) is 54.2 Å². The zero-order valence-corrected chi connectivity index (χ0v) is 12.2. The number of ether oxygens (including phenoxy) is 2. The summed E-state index contributed by atoms with van der Waals surface area (Å²) in [5.74, 6) is 0.310. The predicted octanol–water partition coefficient (Wildman–Crippen LogP) is 1.64. The van der Waals surface area contributed by atoms with Crippen molar-refractivity contribution >= 4 is 21.8 Å². The zero-order valence-electron chi connectivity index (χ0n) is 10.6. The summed E-state index contributed by atoms with van der Waals surface area (Å²) in [4.78, 5) is 14.1. The Balaban J connectivity index is 2.18. The maximum absolute atomic E-state index is 12.4. The lowest BCUT2D eigenvalue weighted by Gasteiger charge is -2.32. The first-order valence-corrected chi connectivity index (χ1v) is 7.11. The van der Waals surface area contributed by atoms with Gasteiger partial charge < -0.3 is 19.5 Å². The summed E-state index contributed by atoms with van der Waals surface area (Å²) in [6.07, 6.45) is -0.00884. The molecule has 1 aromatic rings. The first-order valence-electron chi connectivity index (χ1n) is 5.99. The van der Waals surface area contributed by atoms with Gasteiger partial charge in [-0.2, -0.15) is 0 Å². The first kappa shape index (κ1) is 14.1. The Morgan fingerprint density at radius 2 is 2.42 bits per heavy atom. The van der Waals surface area contributed by atoms with Gasteiger partial charge in [-0.25, -0.2) is 0 Å². The van der Waals surface area contributed by atoms with E-state index in [4.69, 9.17) is 9.47 Å². The third kappa shape index (κ3) is 3.19. The fraction of sp³-hybridized carbons (Fsp3) is 0.462. The van der Waals surface area contributed by atoms with Gasteiger partial charge in [0.15, 0.2) is 0 Å². The number of phenolic OH excluding ortho intramolecular Hbond substituents is 1. The number of rotatable bonds is 3. The number of benzene rings is 1. The van der Waals surface area contributed by atoms with Crippen molar-refractivity contribution in [1.82, 2.24) is 4.90 Å². The van der Waals surface area contributed by atoms with Gasteiger partial charge in [0, 0.05) is 18.4 Å². The van der Waals surface area contributed by atoms with Crippen LogP contribution < -0.4 is 4.74 Å². The second-order valence-electron chi connectivity index (χ2n) is 4.28. The molecule has 1 aliphatic heterocycles. The molecular weight excluding hydrogens is 314 g/mol. The van der Waals surface area contributed by atoms with Crippen LogP contribution in [0.25, 0.3) is 0 Å². The summed E-state index contributed by atoms with van der Waals surface area (Å²) in [5.41, 5.74) is 0.259. The molecule has 1 fully saturated rings. The van der Waals surface area contributed by atoms with E-state index in [0.717, 1.165) is 0 Å². The first-order chi connectivity index (χ1) is 9.15. The molecule has 0 bridgehead atoms. The van der Waals surface area contributed by atoms with E-state index >= 15 is 0 Å². The van der Waals surface area contributed by atoms with E-state index in [9.17, 15) is 9.90 Å². The molecule has 1 atom stereocenters. The van der Waals surface area contributed by atoms with Crippen LogP contribution in [0, 0.1) is 0 Å². The molecule has 2 rings (SSSR count). The molecule has 6 heteroatoms. The summed E-state index contributed by atoms with van der Waals surface area (Å²) >= 11 is 3.35. The fourth-order valence-corrected chi connectivity index (χ4v) is 2.37. The number of hydrogen-bond acceptors (Lipinski definition) is 4. The number of carbonyl (C=O) groups excluding carboxylic acids is 1. The Morgan fingerprint density at radius 1 is 1.63 bits per heavy atom. The highest BCUT2D eigenvalue weighted by Crippen LogP contribution is 2.25. The molecule has 0 radical (unpaired) electrons. The Labute approximate surface area is 120 Å². The Morgan fingerprint density at radius 3 is 3.11 bits per heavy atom. The van der Waals surface area contributed by atoms with Crippen molar-refractivity contribution < 1.29 is 19.4 Å². The lowest BCUT2D eigenvalue weighted by molar-refractivity contribution is -0.00976. The molecule has 1 unspecified atom stereocenters. The maximum atomic E-state index is 12.4. The third-order valence-electron chi connectivity index (χ3n) is 3.03. The van der Waals surface area contributed by atoms with E-state index in [1.165, 1.54) is 13.2 Å². The molecule has 0 saturated carbocycles. The Kier molecular flexibility index (Phi) is 4.66. The van der Waals surface area contributed by atoms with Gasteiger partial charge in [-0.05, 0) is 18.2 Å². The van der Waals surface area contributed by atoms with E-state index in [1.54, 1.807) is 17.0 Å². The molecule has 1 saturated heterocycles. The van der Waals surface area contributed by atoms with E-state index < -0.39 is 0 Å². The lowest BCUT2D eigenvalue weighted by atomic mass is 10.1. The lowest BCUT2D eigenvalue weighted by Crippen LogP contribution is -2.46. The van der Waals surface area contributed by atoms with Crippen LogP contribution in [0.2, 0.25) is 0 Å².